The maximum absolute atomic E-state index is 12.5. The van der Waals surface area contributed by atoms with Crippen LogP contribution in [-0.2, 0) is 4.79 Å². The Morgan fingerprint density at radius 3 is 2.58 bits per heavy atom. The van der Waals surface area contributed by atoms with Gasteiger partial charge in [0.1, 0.15) is 0 Å². The molecule has 0 aliphatic heterocycles. The number of hydrogen-bond donors (Lipinski definition) is 2. The van der Waals surface area contributed by atoms with Crippen molar-refractivity contribution in [3.63, 3.8) is 0 Å². The summed E-state index contributed by atoms with van der Waals surface area (Å²) in [6.45, 7) is 2.14. The van der Waals surface area contributed by atoms with E-state index in [1.54, 1.807) is 0 Å². The van der Waals surface area contributed by atoms with Crippen LogP contribution in [0.1, 0.15) is 56.1 Å². The molecular formula is C20H26BrNO2. The zero-order valence-corrected chi connectivity index (χ0v) is 15.8. The van der Waals surface area contributed by atoms with Crippen LogP contribution < -0.4 is 5.32 Å². The van der Waals surface area contributed by atoms with Crippen LogP contribution in [0.2, 0.25) is 0 Å². The van der Waals surface area contributed by atoms with E-state index >= 15 is 0 Å². The third kappa shape index (κ3) is 4.28. The first-order chi connectivity index (χ1) is 11.5. The Labute approximate surface area is 152 Å². The lowest BCUT2D eigenvalue weighted by Crippen LogP contribution is -2.41. The Bertz CT molecular complexity index is 633. The molecule has 2 aliphatic rings. The van der Waals surface area contributed by atoms with E-state index in [0.29, 0.717) is 0 Å². The average Bonchev–Trinajstić information content (AvgIpc) is 2.57. The number of rotatable bonds is 3. The highest BCUT2D eigenvalue weighted by atomic mass is 79.9. The fraction of sp³-hybridized carbons (Fsp3) is 0.550. The Morgan fingerprint density at radius 1 is 1.21 bits per heavy atom. The molecule has 0 spiro atoms. The van der Waals surface area contributed by atoms with Gasteiger partial charge in [-0.2, -0.15) is 0 Å². The summed E-state index contributed by atoms with van der Waals surface area (Å²) in [6, 6.07) is 6.64. The first-order valence-electron chi connectivity index (χ1n) is 8.97. The lowest BCUT2D eigenvalue weighted by atomic mass is 9.84. The number of aliphatic hydroxyl groups excluding tert-OH is 1. The van der Waals surface area contributed by atoms with Gasteiger partial charge in [0.2, 0.25) is 5.91 Å². The standard InChI is InChI=1S/C20H26BrNO2/c1-13-12-16(21)6-11-19(13)14-2-4-15(5-3-14)20(24)22-17-7-9-18(23)10-8-17/h2,6,11-12,15,17-18,23H,3-5,7-10H2,1H3,(H,22,24)/t15?,17-,18+. The quantitative estimate of drug-likeness (QED) is 0.803. The Kier molecular flexibility index (Phi) is 5.77. The Balaban J connectivity index is 1.57. The van der Waals surface area contributed by atoms with E-state index in [-0.39, 0.29) is 24.0 Å². The Hall–Kier alpha value is -1.13. The Morgan fingerprint density at radius 2 is 1.96 bits per heavy atom. The van der Waals surface area contributed by atoms with E-state index in [0.717, 1.165) is 49.4 Å². The normalized spacial score (nSPS) is 27.5. The molecule has 1 atom stereocenters. The largest absolute Gasteiger partial charge is 0.393 e. The molecule has 4 heteroatoms. The van der Waals surface area contributed by atoms with Gasteiger partial charge in [-0.25, -0.2) is 0 Å². The van der Waals surface area contributed by atoms with Crippen LogP contribution in [0.15, 0.2) is 28.7 Å². The molecular weight excluding hydrogens is 366 g/mol. The maximum atomic E-state index is 12.5. The first kappa shape index (κ1) is 17.7. The van der Waals surface area contributed by atoms with Gasteiger partial charge in [0.25, 0.3) is 0 Å². The second kappa shape index (κ2) is 7.83. The van der Waals surface area contributed by atoms with E-state index in [1.165, 1.54) is 16.7 Å². The summed E-state index contributed by atoms with van der Waals surface area (Å²) in [4.78, 5) is 12.5. The van der Waals surface area contributed by atoms with Gasteiger partial charge in [0.15, 0.2) is 0 Å². The molecule has 3 nitrogen and oxygen atoms in total. The number of benzene rings is 1. The van der Waals surface area contributed by atoms with Crippen molar-refractivity contribution in [3.8, 4) is 0 Å². The minimum atomic E-state index is -0.174. The number of hydrogen-bond acceptors (Lipinski definition) is 2. The van der Waals surface area contributed by atoms with Crippen molar-refractivity contribution in [2.45, 2.75) is 64.0 Å². The van der Waals surface area contributed by atoms with Crippen LogP contribution in [-0.4, -0.2) is 23.2 Å². The van der Waals surface area contributed by atoms with Crippen LogP contribution >= 0.6 is 15.9 Å². The summed E-state index contributed by atoms with van der Waals surface area (Å²) in [6.07, 6.45) is 8.20. The molecule has 2 N–H and O–H groups in total. The molecule has 130 valence electrons. The number of aryl methyl sites for hydroxylation is 1. The molecule has 24 heavy (non-hydrogen) atoms. The van der Waals surface area contributed by atoms with Crippen molar-refractivity contribution in [2.24, 2.45) is 5.92 Å². The highest BCUT2D eigenvalue weighted by Crippen LogP contribution is 2.33. The van der Waals surface area contributed by atoms with Gasteiger partial charge < -0.3 is 10.4 Å². The molecule has 0 bridgehead atoms. The van der Waals surface area contributed by atoms with Crippen LogP contribution in [0.25, 0.3) is 5.57 Å². The van der Waals surface area contributed by atoms with Gasteiger partial charge in [0, 0.05) is 16.4 Å². The molecule has 0 aromatic heterocycles. The lowest BCUT2D eigenvalue weighted by Gasteiger charge is -2.29. The molecule has 1 aromatic rings. The lowest BCUT2D eigenvalue weighted by molar-refractivity contribution is -0.126. The van der Waals surface area contributed by atoms with Crippen molar-refractivity contribution in [1.29, 1.82) is 0 Å². The minimum Gasteiger partial charge on any atom is -0.393 e. The van der Waals surface area contributed by atoms with E-state index in [1.807, 2.05) is 0 Å². The molecule has 1 unspecified atom stereocenters. The van der Waals surface area contributed by atoms with Gasteiger partial charge in [-0.1, -0.05) is 28.1 Å². The molecule has 0 saturated heterocycles. The van der Waals surface area contributed by atoms with Gasteiger partial charge in [-0.05, 0) is 80.7 Å². The molecule has 1 fully saturated rings. The molecule has 2 aliphatic carbocycles. The molecule has 0 radical (unpaired) electrons. The number of amides is 1. The summed E-state index contributed by atoms with van der Waals surface area (Å²) in [5.41, 5.74) is 3.95. The molecule has 1 saturated carbocycles. The van der Waals surface area contributed by atoms with Crippen LogP contribution in [0.5, 0.6) is 0 Å². The second-order valence-corrected chi connectivity index (χ2v) is 8.09. The van der Waals surface area contributed by atoms with Crippen molar-refractivity contribution in [1.82, 2.24) is 5.32 Å². The molecule has 3 rings (SSSR count). The van der Waals surface area contributed by atoms with Crippen molar-refractivity contribution >= 4 is 27.4 Å². The summed E-state index contributed by atoms with van der Waals surface area (Å²) in [7, 11) is 0. The van der Waals surface area contributed by atoms with E-state index in [2.05, 4.69) is 52.4 Å². The van der Waals surface area contributed by atoms with Crippen molar-refractivity contribution < 1.29 is 9.90 Å². The summed E-state index contributed by atoms with van der Waals surface area (Å²) < 4.78 is 1.11. The number of carbonyl (C=O) groups is 1. The fourth-order valence-corrected chi connectivity index (χ4v) is 4.32. The summed E-state index contributed by atoms with van der Waals surface area (Å²) in [5.74, 6) is 0.288. The molecule has 0 heterocycles. The van der Waals surface area contributed by atoms with E-state index in [9.17, 15) is 9.90 Å². The van der Waals surface area contributed by atoms with Gasteiger partial charge in [0.05, 0.1) is 6.10 Å². The summed E-state index contributed by atoms with van der Waals surface area (Å²) >= 11 is 3.51. The van der Waals surface area contributed by atoms with Crippen LogP contribution in [0.3, 0.4) is 0 Å². The smallest absolute Gasteiger partial charge is 0.223 e. The predicted octanol–water partition coefficient (Wildman–Crippen LogP) is 4.36. The SMILES string of the molecule is Cc1cc(Br)ccc1C1=CCC(C(=O)N[C@H]2CC[C@@H](O)CC2)CC1. The van der Waals surface area contributed by atoms with E-state index in [4.69, 9.17) is 0 Å². The van der Waals surface area contributed by atoms with Crippen LogP contribution in [0.4, 0.5) is 0 Å². The number of nitrogens with one attached hydrogen (secondary N) is 1. The van der Waals surface area contributed by atoms with Gasteiger partial charge in [-0.15, -0.1) is 0 Å². The zero-order chi connectivity index (χ0) is 17.1. The topological polar surface area (TPSA) is 49.3 Å². The number of allylic oxidation sites excluding steroid dienone is 2. The maximum Gasteiger partial charge on any atom is 0.223 e. The molecule has 1 aromatic carbocycles. The van der Waals surface area contributed by atoms with Crippen molar-refractivity contribution in [3.05, 3.63) is 39.9 Å². The number of halogens is 1. The zero-order valence-electron chi connectivity index (χ0n) is 14.2. The fourth-order valence-electron chi connectivity index (χ4n) is 3.84. The van der Waals surface area contributed by atoms with E-state index < -0.39 is 0 Å². The van der Waals surface area contributed by atoms with Gasteiger partial charge >= 0.3 is 0 Å². The summed E-state index contributed by atoms with van der Waals surface area (Å²) in [5, 5.41) is 12.8. The second-order valence-electron chi connectivity index (χ2n) is 7.17. The highest BCUT2D eigenvalue weighted by Gasteiger charge is 2.26. The number of aliphatic hydroxyl groups is 1. The average molecular weight is 392 g/mol. The molecule has 1 amide bonds. The van der Waals surface area contributed by atoms with Crippen LogP contribution in [0, 0.1) is 12.8 Å². The first-order valence-corrected chi connectivity index (χ1v) is 9.76. The highest BCUT2D eigenvalue weighted by molar-refractivity contribution is 9.10. The van der Waals surface area contributed by atoms with Crippen molar-refractivity contribution in [2.75, 3.05) is 0 Å². The monoisotopic (exact) mass is 391 g/mol. The number of carbonyl (C=O) groups excluding carboxylic acids is 1. The predicted molar refractivity (Wildman–Crippen MR) is 101 cm³/mol. The van der Waals surface area contributed by atoms with Gasteiger partial charge in [-0.3, -0.25) is 4.79 Å². The third-order valence-corrected chi connectivity index (χ3v) is 5.85. The third-order valence-electron chi connectivity index (χ3n) is 5.36. The minimum absolute atomic E-state index is 0.0938.